The van der Waals surface area contributed by atoms with Gasteiger partial charge in [0.25, 0.3) is 0 Å². The van der Waals surface area contributed by atoms with E-state index in [0.717, 1.165) is 0 Å². The molecule has 5 nitrogen and oxygen atoms in total. The first-order valence-corrected chi connectivity index (χ1v) is 6.79. The Kier molecular flexibility index (Phi) is 5.19. The van der Waals surface area contributed by atoms with Gasteiger partial charge in [0.1, 0.15) is 0 Å². The molecule has 0 bridgehead atoms. The average Bonchev–Trinajstić information content (AvgIpc) is 2.02. The number of hydrogen-bond acceptors (Lipinski definition) is 5. The highest BCUT2D eigenvalue weighted by Gasteiger charge is 2.38. The Morgan fingerprint density at radius 2 is 1.87 bits per heavy atom. The van der Waals surface area contributed by atoms with Crippen LogP contribution in [0.25, 0.3) is 0 Å². The summed E-state index contributed by atoms with van der Waals surface area (Å²) in [6.45, 7) is 7.32. The Morgan fingerprint density at radius 1 is 1.40 bits per heavy atom. The quantitative estimate of drug-likeness (QED) is 0.505. The first-order valence-electron chi connectivity index (χ1n) is 4.90. The Hall–Kier alpha value is -0.170. The third-order valence-corrected chi connectivity index (χ3v) is 4.79. The van der Waals surface area contributed by atoms with E-state index in [-0.39, 0.29) is 12.7 Å². The van der Waals surface area contributed by atoms with Crippen molar-refractivity contribution >= 4 is 9.84 Å². The van der Waals surface area contributed by atoms with Gasteiger partial charge in [-0.2, -0.15) is 0 Å². The van der Waals surface area contributed by atoms with Gasteiger partial charge in [-0.25, -0.2) is 8.42 Å². The van der Waals surface area contributed by atoms with Crippen LogP contribution in [-0.4, -0.2) is 38.2 Å². The van der Waals surface area contributed by atoms with E-state index in [1.807, 2.05) is 13.8 Å². The number of ether oxygens (including phenoxy) is 1. The van der Waals surface area contributed by atoms with Crippen molar-refractivity contribution in [1.82, 2.24) is 5.43 Å². The summed E-state index contributed by atoms with van der Waals surface area (Å²) in [6.07, 6.45) is 1.25. The van der Waals surface area contributed by atoms with Gasteiger partial charge in [-0.1, -0.05) is 0 Å². The van der Waals surface area contributed by atoms with E-state index in [1.54, 1.807) is 13.8 Å². The van der Waals surface area contributed by atoms with Crippen molar-refractivity contribution in [3.05, 3.63) is 0 Å². The summed E-state index contributed by atoms with van der Waals surface area (Å²) in [5.41, 5.74) is 2.50. The molecule has 3 N–H and O–H groups in total. The Balaban J connectivity index is 4.67. The van der Waals surface area contributed by atoms with E-state index in [0.29, 0.717) is 0 Å². The van der Waals surface area contributed by atoms with Crippen LogP contribution in [0.1, 0.15) is 27.7 Å². The van der Waals surface area contributed by atoms with E-state index < -0.39 is 20.6 Å². The van der Waals surface area contributed by atoms with Crippen LogP contribution < -0.4 is 11.3 Å². The first-order chi connectivity index (χ1) is 6.63. The molecule has 1 unspecified atom stereocenters. The number of sulfone groups is 1. The maximum atomic E-state index is 11.5. The van der Waals surface area contributed by atoms with E-state index >= 15 is 0 Å². The minimum atomic E-state index is -3.18. The predicted molar refractivity (Wildman–Crippen MR) is 61.1 cm³/mol. The molecule has 0 heterocycles. The van der Waals surface area contributed by atoms with Crippen molar-refractivity contribution in [1.29, 1.82) is 0 Å². The van der Waals surface area contributed by atoms with Gasteiger partial charge in [0.05, 0.1) is 23.5 Å². The molecule has 1 atom stereocenters. The third-order valence-electron chi connectivity index (χ3n) is 2.59. The zero-order valence-electron chi connectivity index (χ0n) is 10.1. The molecule has 15 heavy (non-hydrogen) atoms. The second kappa shape index (κ2) is 5.25. The minimum Gasteiger partial charge on any atom is -0.377 e. The first kappa shape index (κ1) is 14.8. The summed E-state index contributed by atoms with van der Waals surface area (Å²) in [7, 11) is -3.18. The molecule has 0 amide bonds. The third kappa shape index (κ3) is 4.06. The lowest BCUT2D eigenvalue weighted by atomic mass is 10.1. The van der Waals surface area contributed by atoms with Crippen LogP contribution in [-0.2, 0) is 14.6 Å². The normalized spacial score (nSPS) is 15.7. The van der Waals surface area contributed by atoms with Crippen molar-refractivity contribution in [3.8, 4) is 0 Å². The van der Waals surface area contributed by atoms with Gasteiger partial charge in [0.15, 0.2) is 9.84 Å². The molecule has 0 rings (SSSR count). The van der Waals surface area contributed by atoms with Crippen LogP contribution in [0, 0.1) is 0 Å². The molecule has 0 aliphatic heterocycles. The molecule has 0 saturated carbocycles. The van der Waals surface area contributed by atoms with Crippen LogP contribution in [0.5, 0.6) is 0 Å². The number of nitrogens with one attached hydrogen (secondary N) is 1. The number of hydrazine groups is 1. The van der Waals surface area contributed by atoms with Gasteiger partial charge in [-0.05, 0) is 27.7 Å². The highest BCUT2D eigenvalue weighted by Crippen LogP contribution is 2.20. The molecule has 0 aromatic heterocycles. The van der Waals surface area contributed by atoms with Gasteiger partial charge in [0.2, 0.25) is 0 Å². The summed E-state index contributed by atoms with van der Waals surface area (Å²) in [6, 6.07) is -0.421. The second-order valence-electron chi connectivity index (χ2n) is 4.48. The van der Waals surface area contributed by atoms with Crippen molar-refractivity contribution in [3.63, 3.8) is 0 Å². The molecule has 6 heteroatoms. The highest BCUT2D eigenvalue weighted by molar-refractivity contribution is 7.92. The van der Waals surface area contributed by atoms with E-state index in [2.05, 4.69) is 5.43 Å². The fraction of sp³-hybridized carbons (Fsp3) is 1.00. The smallest absolute Gasteiger partial charge is 0.154 e. The van der Waals surface area contributed by atoms with Crippen LogP contribution >= 0.6 is 0 Å². The summed E-state index contributed by atoms with van der Waals surface area (Å²) < 4.78 is 27.5. The molecule has 0 aromatic carbocycles. The molecule has 0 fully saturated rings. The summed E-state index contributed by atoms with van der Waals surface area (Å²) >= 11 is 0. The Bertz CT molecular complexity index is 286. The molecule has 0 spiro atoms. The highest BCUT2D eigenvalue weighted by atomic mass is 32.2. The number of hydrogen-bond donors (Lipinski definition) is 2. The van der Waals surface area contributed by atoms with Crippen LogP contribution in [0.3, 0.4) is 0 Å². The lowest BCUT2D eigenvalue weighted by Gasteiger charge is -2.32. The Morgan fingerprint density at radius 3 is 2.13 bits per heavy atom. The van der Waals surface area contributed by atoms with Crippen LogP contribution in [0.15, 0.2) is 0 Å². The molecule has 92 valence electrons. The fourth-order valence-electron chi connectivity index (χ4n) is 0.997. The molecular formula is C9H22N2O3S. The molecule has 0 radical (unpaired) electrons. The van der Waals surface area contributed by atoms with Crippen LogP contribution in [0.2, 0.25) is 0 Å². The molecule has 0 aliphatic carbocycles. The fourth-order valence-corrected chi connectivity index (χ4v) is 1.65. The van der Waals surface area contributed by atoms with Crippen molar-refractivity contribution in [2.24, 2.45) is 5.84 Å². The standard InChI is InChI=1S/C9H22N2O3S/c1-7(2)14-6-8(11-10)9(3,4)15(5,12)13/h7-8,11H,6,10H2,1-5H3. The molecule has 0 aliphatic rings. The van der Waals surface area contributed by atoms with E-state index in [1.165, 1.54) is 6.26 Å². The maximum absolute atomic E-state index is 11.5. The second-order valence-corrected chi connectivity index (χ2v) is 7.07. The van der Waals surface area contributed by atoms with E-state index in [9.17, 15) is 8.42 Å². The summed E-state index contributed by atoms with van der Waals surface area (Å²) in [4.78, 5) is 0. The number of rotatable bonds is 6. The Labute approximate surface area is 92.3 Å². The van der Waals surface area contributed by atoms with E-state index in [4.69, 9.17) is 10.6 Å². The zero-order valence-corrected chi connectivity index (χ0v) is 10.9. The topological polar surface area (TPSA) is 81.4 Å². The molecule has 0 saturated heterocycles. The zero-order chi connectivity index (χ0) is 12.3. The lowest BCUT2D eigenvalue weighted by Crippen LogP contribution is -2.56. The van der Waals surface area contributed by atoms with Crippen molar-refractivity contribution in [2.45, 2.75) is 44.6 Å². The van der Waals surface area contributed by atoms with Gasteiger partial charge in [-0.3, -0.25) is 11.3 Å². The van der Waals surface area contributed by atoms with Crippen molar-refractivity contribution in [2.75, 3.05) is 12.9 Å². The van der Waals surface area contributed by atoms with Gasteiger partial charge < -0.3 is 4.74 Å². The van der Waals surface area contributed by atoms with Crippen molar-refractivity contribution < 1.29 is 13.2 Å². The monoisotopic (exact) mass is 238 g/mol. The lowest BCUT2D eigenvalue weighted by molar-refractivity contribution is 0.0546. The predicted octanol–water partition coefficient (Wildman–Crippen LogP) is 0.0665. The van der Waals surface area contributed by atoms with Gasteiger partial charge in [-0.15, -0.1) is 0 Å². The van der Waals surface area contributed by atoms with Gasteiger partial charge in [0, 0.05) is 6.26 Å². The number of nitrogens with two attached hydrogens (primary N) is 1. The van der Waals surface area contributed by atoms with Gasteiger partial charge >= 0.3 is 0 Å². The maximum Gasteiger partial charge on any atom is 0.154 e. The molecule has 0 aromatic rings. The average molecular weight is 238 g/mol. The SMILES string of the molecule is CC(C)OCC(NN)C(C)(C)S(C)(=O)=O. The minimum absolute atomic E-state index is 0.0520. The summed E-state index contributed by atoms with van der Waals surface area (Å²) in [5, 5.41) is 0. The van der Waals surface area contributed by atoms with Crippen LogP contribution in [0.4, 0.5) is 0 Å². The molecular weight excluding hydrogens is 216 g/mol. The largest absolute Gasteiger partial charge is 0.377 e. The summed E-state index contributed by atoms with van der Waals surface area (Å²) in [5.74, 6) is 5.35.